The van der Waals surface area contributed by atoms with Crippen molar-refractivity contribution in [3.8, 4) is 0 Å². The monoisotopic (exact) mass is 309 g/mol. The lowest BCUT2D eigenvalue weighted by Gasteiger charge is -2.13. The van der Waals surface area contributed by atoms with Crippen LogP contribution in [0.25, 0.3) is 0 Å². The van der Waals surface area contributed by atoms with Crippen LogP contribution in [0.3, 0.4) is 0 Å². The molecule has 20 heavy (non-hydrogen) atoms. The van der Waals surface area contributed by atoms with Crippen LogP contribution in [0.15, 0.2) is 17.4 Å². The number of nitrogens with zero attached hydrogens (tertiary/aromatic N) is 3. The molecule has 0 bridgehead atoms. The Morgan fingerprint density at radius 1 is 1.35 bits per heavy atom. The number of anilines is 2. The van der Waals surface area contributed by atoms with Crippen LogP contribution in [0.1, 0.15) is 29.8 Å². The first-order valence-electron chi connectivity index (χ1n) is 6.48. The quantitative estimate of drug-likeness (QED) is 0.629. The van der Waals surface area contributed by atoms with E-state index in [2.05, 4.69) is 39.4 Å². The molecule has 2 aromatic rings. The van der Waals surface area contributed by atoms with Crippen molar-refractivity contribution in [3.05, 3.63) is 22.1 Å². The predicted octanol–water partition coefficient (Wildman–Crippen LogP) is 3.43. The fourth-order valence-corrected chi connectivity index (χ4v) is 2.93. The van der Waals surface area contributed by atoms with Gasteiger partial charge in [0.1, 0.15) is 16.6 Å². The van der Waals surface area contributed by atoms with Crippen molar-refractivity contribution in [2.75, 3.05) is 23.9 Å². The maximum absolute atomic E-state index is 4.47. The minimum absolute atomic E-state index is 0.134. The second kappa shape index (κ2) is 6.90. The van der Waals surface area contributed by atoms with E-state index in [9.17, 15) is 0 Å². The molecule has 2 heterocycles. The van der Waals surface area contributed by atoms with Gasteiger partial charge in [-0.1, -0.05) is 18.7 Å². The van der Waals surface area contributed by atoms with Crippen molar-refractivity contribution < 1.29 is 0 Å². The Bertz CT molecular complexity index is 547. The average molecular weight is 309 g/mol. The molecule has 2 rings (SSSR count). The minimum atomic E-state index is 0.134. The summed E-state index contributed by atoms with van der Waals surface area (Å²) in [5.74, 6) is 1.63. The van der Waals surface area contributed by atoms with Gasteiger partial charge in [0.15, 0.2) is 5.16 Å². The van der Waals surface area contributed by atoms with Gasteiger partial charge in [-0.25, -0.2) is 15.0 Å². The van der Waals surface area contributed by atoms with Gasteiger partial charge in [0.25, 0.3) is 0 Å². The highest BCUT2D eigenvalue weighted by Crippen LogP contribution is 2.25. The van der Waals surface area contributed by atoms with E-state index in [-0.39, 0.29) is 6.04 Å². The first kappa shape index (κ1) is 15.1. The van der Waals surface area contributed by atoms with E-state index in [4.69, 9.17) is 0 Å². The van der Waals surface area contributed by atoms with E-state index in [1.807, 2.05) is 25.6 Å². The van der Waals surface area contributed by atoms with Gasteiger partial charge < -0.3 is 10.6 Å². The molecule has 0 spiro atoms. The van der Waals surface area contributed by atoms with Crippen LogP contribution in [0.2, 0.25) is 0 Å². The highest BCUT2D eigenvalue weighted by molar-refractivity contribution is 7.98. The van der Waals surface area contributed by atoms with Gasteiger partial charge in [0, 0.05) is 24.2 Å². The highest BCUT2D eigenvalue weighted by Gasteiger charge is 2.12. The smallest absolute Gasteiger partial charge is 0.191 e. The molecule has 1 unspecified atom stereocenters. The average Bonchev–Trinajstić information content (AvgIpc) is 2.95. The summed E-state index contributed by atoms with van der Waals surface area (Å²) in [6, 6.07) is 2.04. The number of hydrogen-bond donors (Lipinski definition) is 2. The SMILES string of the molecule is CCc1cnc(C(C)Nc2cc(NC)nc(SC)n2)s1. The number of nitrogens with one attached hydrogen (secondary N) is 2. The lowest BCUT2D eigenvalue weighted by molar-refractivity contribution is 0.845. The Balaban J connectivity index is 2.15. The molecule has 0 amide bonds. The topological polar surface area (TPSA) is 62.7 Å². The van der Waals surface area contributed by atoms with E-state index in [0.717, 1.165) is 28.2 Å². The van der Waals surface area contributed by atoms with Crippen molar-refractivity contribution in [1.82, 2.24) is 15.0 Å². The van der Waals surface area contributed by atoms with E-state index < -0.39 is 0 Å². The fraction of sp³-hybridized carbons (Fsp3) is 0.462. The first-order chi connectivity index (χ1) is 9.66. The van der Waals surface area contributed by atoms with Gasteiger partial charge in [-0.05, 0) is 19.6 Å². The molecule has 0 aliphatic heterocycles. The van der Waals surface area contributed by atoms with E-state index in [1.165, 1.54) is 16.6 Å². The van der Waals surface area contributed by atoms with Gasteiger partial charge in [-0.3, -0.25) is 0 Å². The Labute approximate surface area is 127 Å². The summed E-state index contributed by atoms with van der Waals surface area (Å²) in [5.41, 5.74) is 0. The molecule has 7 heteroatoms. The molecule has 1 atom stereocenters. The van der Waals surface area contributed by atoms with Gasteiger partial charge in [-0.2, -0.15) is 0 Å². The van der Waals surface area contributed by atoms with Crippen LogP contribution in [0.4, 0.5) is 11.6 Å². The number of rotatable bonds is 6. The Morgan fingerprint density at radius 2 is 2.10 bits per heavy atom. The summed E-state index contributed by atoms with van der Waals surface area (Å²) in [4.78, 5) is 14.6. The fourth-order valence-electron chi connectivity index (χ4n) is 1.69. The summed E-state index contributed by atoms with van der Waals surface area (Å²) in [7, 11) is 1.86. The second-order valence-corrected chi connectivity index (χ2v) is 6.18. The molecule has 0 saturated heterocycles. The zero-order valence-electron chi connectivity index (χ0n) is 12.1. The molecule has 108 valence electrons. The van der Waals surface area contributed by atoms with Crippen LogP contribution in [-0.2, 0) is 6.42 Å². The maximum Gasteiger partial charge on any atom is 0.191 e. The zero-order chi connectivity index (χ0) is 14.5. The van der Waals surface area contributed by atoms with Gasteiger partial charge >= 0.3 is 0 Å². The summed E-state index contributed by atoms with van der Waals surface area (Å²) in [6.45, 7) is 4.24. The molecule has 2 N–H and O–H groups in total. The van der Waals surface area contributed by atoms with Gasteiger partial charge in [0.05, 0.1) is 6.04 Å². The van der Waals surface area contributed by atoms with Crippen molar-refractivity contribution in [2.24, 2.45) is 0 Å². The summed E-state index contributed by atoms with van der Waals surface area (Å²) in [6.07, 6.45) is 4.94. The number of thioether (sulfide) groups is 1. The lowest BCUT2D eigenvalue weighted by Crippen LogP contribution is -2.09. The molecular weight excluding hydrogens is 290 g/mol. The molecule has 0 aliphatic carbocycles. The van der Waals surface area contributed by atoms with Crippen molar-refractivity contribution >= 4 is 34.7 Å². The van der Waals surface area contributed by atoms with E-state index in [0.29, 0.717) is 0 Å². The largest absolute Gasteiger partial charge is 0.373 e. The number of aryl methyl sites for hydroxylation is 1. The number of thiazole rings is 1. The van der Waals surface area contributed by atoms with Crippen LogP contribution in [-0.4, -0.2) is 28.3 Å². The van der Waals surface area contributed by atoms with Gasteiger partial charge in [0.2, 0.25) is 0 Å². The second-order valence-electron chi connectivity index (χ2n) is 4.26. The van der Waals surface area contributed by atoms with Crippen LogP contribution >= 0.6 is 23.1 Å². The molecule has 5 nitrogen and oxygen atoms in total. The maximum atomic E-state index is 4.47. The van der Waals surface area contributed by atoms with E-state index in [1.54, 1.807) is 11.3 Å². The van der Waals surface area contributed by atoms with Crippen LogP contribution in [0.5, 0.6) is 0 Å². The highest BCUT2D eigenvalue weighted by atomic mass is 32.2. The molecule has 0 fully saturated rings. The van der Waals surface area contributed by atoms with Crippen molar-refractivity contribution in [3.63, 3.8) is 0 Å². The summed E-state index contributed by atoms with van der Waals surface area (Å²) < 4.78 is 0. The Hall–Kier alpha value is -1.34. The predicted molar refractivity (Wildman–Crippen MR) is 86.9 cm³/mol. The molecule has 0 aliphatic rings. The minimum Gasteiger partial charge on any atom is -0.373 e. The number of aromatic nitrogens is 3. The zero-order valence-corrected chi connectivity index (χ0v) is 13.7. The van der Waals surface area contributed by atoms with Crippen LogP contribution in [0, 0.1) is 0 Å². The summed E-state index contributed by atoms with van der Waals surface area (Å²) >= 11 is 3.27. The standard InChI is InChI=1S/C13H19N5S2/c1-5-9-7-15-12(20-9)8(2)16-11-6-10(14-3)17-13(18-11)19-4/h6-8H,5H2,1-4H3,(H2,14,16,17,18). The first-order valence-corrected chi connectivity index (χ1v) is 8.52. The summed E-state index contributed by atoms with van der Waals surface area (Å²) in [5, 5.41) is 8.27. The third-order valence-electron chi connectivity index (χ3n) is 2.80. The lowest BCUT2D eigenvalue weighted by atomic mass is 10.3. The Kier molecular flexibility index (Phi) is 5.19. The molecular formula is C13H19N5S2. The van der Waals surface area contributed by atoms with E-state index >= 15 is 0 Å². The van der Waals surface area contributed by atoms with Crippen molar-refractivity contribution in [1.29, 1.82) is 0 Å². The molecule has 0 aromatic carbocycles. The van der Waals surface area contributed by atoms with Crippen molar-refractivity contribution in [2.45, 2.75) is 31.5 Å². The van der Waals surface area contributed by atoms with Gasteiger partial charge in [-0.15, -0.1) is 11.3 Å². The number of hydrogen-bond acceptors (Lipinski definition) is 7. The normalized spacial score (nSPS) is 12.2. The third kappa shape index (κ3) is 3.61. The Morgan fingerprint density at radius 3 is 2.70 bits per heavy atom. The molecule has 2 aromatic heterocycles. The third-order valence-corrected chi connectivity index (χ3v) is 4.67. The van der Waals surface area contributed by atoms with Crippen LogP contribution < -0.4 is 10.6 Å². The molecule has 0 saturated carbocycles. The molecule has 0 radical (unpaired) electrons.